The summed E-state index contributed by atoms with van der Waals surface area (Å²) in [5.74, 6) is 0.707. The predicted octanol–water partition coefficient (Wildman–Crippen LogP) is 3.23. The fourth-order valence-electron chi connectivity index (χ4n) is 3.33. The molecule has 2 aromatic rings. The number of benzene rings is 1. The maximum absolute atomic E-state index is 13.3. The van der Waals surface area contributed by atoms with E-state index in [1.54, 1.807) is 35.9 Å². The highest BCUT2D eigenvalue weighted by Gasteiger charge is 2.37. The van der Waals surface area contributed by atoms with Crippen LogP contribution in [0.25, 0.3) is 0 Å². The third kappa shape index (κ3) is 2.91. The Balaban J connectivity index is 2.03. The molecular weight excluding hydrogens is 324 g/mol. The highest BCUT2D eigenvalue weighted by Crippen LogP contribution is 2.38. The predicted molar refractivity (Wildman–Crippen MR) is 92.6 cm³/mol. The number of pyridine rings is 1. The lowest BCUT2D eigenvalue weighted by Gasteiger charge is -2.25. The van der Waals surface area contributed by atoms with Crippen molar-refractivity contribution in [2.24, 2.45) is 0 Å². The molecule has 6 heteroatoms. The van der Waals surface area contributed by atoms with Gasteiger partial charge in [-0.25, -0.2) is 8.42 Å². The van der Waals surface area contributed by atoms with Gasteiger partial charge in [0.05, 0.1) is 18.0 Å². The van der Waals surface area contributed by atoms with Crippen LogP contribution in [0.2, 0.25) is 0 Å². The summed E-state index contributed by atoms with van der Waals surface area (Å²) in [5, 5.41) is 0. The van der Waals surface area contributed by atoms with Gasteiger partial charge in [-0.2, -0.15) is 4.31 Å². The van der Waals surface area contributed by atoms with E-state index in [1.165, 1.54) is 0 Å². The molecular formula is C18H22N2O3S. The fourth-order valence-corrected chi connectivity index (χ4v) is 5.31. The lowest BCUT2D eigenvalue weighted by Crippen LogP contribution is -2.31. The Morgan fingerprint density at radius 1 is 1.17 bits per heavy atom. The van der Waals surface area contributed by atoms with E-state index in [9.17, 15) is 8.42 Å². The van der Waals surface area contributed by atoms with Crippen LogP contribution < -0.4 is 4.74 Å². The maximum Gasteiger partial charge on any atom is 0.243 e. The van der Waals surface area contributed by atoms with E-state index < -0.39 is 10.0 Å². The lowest BCUT2D eigenvalue weighted by molar-refractivity contribution is 0.395. The van der Waals surface area contributed by atoms with Crippen LogP contribution in [-0.4, -0.2) is 31.4 Å². The van der Waals surface area contributed by atoms with Crippen LogP contribution in [0, 0.1) is 13.8 Å². The van der Waals surface area contributed by atoms with E-state index in [2.05, 4.69) is 4.98 Å². The van der Waals surface area contributed by atoms with Gasteiger partial charge >= 0.3 is 0 Å². The van der Waals surface area contributed by atoms with Crippen LogP contribution in [0.4, 0.5) is 0 Å². The minimum Gasteiger partial charge on any atom is -0.496 e. The molecule has 2 heterocycles. The smallest absolute Gasteiger partial charge is 0.243 e. The summed E-state index contributed by atoms with van der Waals surface area (Å²) in [6, 6.07) is 7.17. The second-order valence-electron chi connectivity index (χ2n) is 6.14. The van der Waals surface area contributed by atoms with E-state index in [0.717, 1.165) is 24.0 Å². The second-order valence-corrected chi connectivity index (χ2v) is 8.00. The topological polar surface area (TPSA) is 59.5 Å². The normalized spacial score (nSPS) is 18.7. The van der Waals surface area contributed by atoms with Gasteiger partial charge in [-0.05, 0) is 67.6 Å². The number of ether oxygens (including phenoxy) is 1. The Hall–Kier alpha value is -1.92. The van der Waals surface area contributed by atoms with Crippen molar-refractivity contribution in [3.63, 3.8) is 0 Å². The Bertz CT molecular complexity index is 835. The molecule has 3 rings (SSSR count). The number of sulfonamides is 1. The fraction of sp³-hybridized carbons (Fsp3) is 0.389. The monoisotopic (exact) mass is 346 g/mol. The van der Waals surface area contributed by atoms with Crippen molar-refractivity contribution in [1.29, 1.82) is 0 Å². The van der Waals surface area contributed by atoms with Crippen molar-refractivity contribution < 1.29 is 13.2 Å². The molecule has 5 nitrogen and oxygen atoms in total. The van der Waals surface area contributed by atoms with E-state index in [4.69, 9.17) is 4.74 Å². The zero-order valence-corrected chi connectivity index (χ0v) is 15.0. The summed E-state index contributed by atoms with van der Waals surface area (Å²) >= 11 is 0. The summed E-state index contributed by atoms with van der Waals surface area (Å²) in [6.07, 6.45) is 5.11. The standard InChI is InChI=1S/C18H22N2O3S/c1-13-12-18(14(2)11-17(13)23-3)24(21,22)20-10-4-5-16(20)15-6-8-19-9-7-15/h6-9,11-12,16H,4-5,10H2,1-3H3. The molecule has 0 bridgehead atoms. The van der Waals surface area contributed by atoms with Crippen LogP contribution in [0.5, 0.6) is 5.75 Å². The Morgan fingerprint density at radius 2 is 1.88 bits per heavy atom. The van der Waals surface area contributed by atoms with Gasteiger partial charge in [0.2, 0.25) is 10.0 Å². The molecule has 0 saturated carbocycles. The minimum absolute atomic E-state index is 0.125. The highest BCUT2D eigenvalue weighted by molar-refractivity contribution is 7.89. The summed E-state index contributed by atoms with van der Waals surface area (Å²) in [5.41, 5.74) is 2.52. The van der Waals surface area contributed by atoms with E-state index in [-0.39, 0.29) is 6.04 Å². The van der Waals surface area contributed by atoms with Crippen molar-refractivity contribution in [2.75, 3.05) is 13.7 Å². The molecule has 1 aromatic carbocycles. The molecule has 0 amide bonds. The quantitative estimate of drug-likeness (QED) is 0.853. The van der Waals surface area contributed by atoms with Gasteiger partial charge in [-0.3, -0.25) is 4.98 Å². The first kappa shape index (κ1) is 16.9. The number of rotatable bonds is 4. The Labute approximate surface area is 143 Å². The minimum atomic E-state index is -3.56. The molecule has 1 atom stereocenters. The maximum atomic E-state index is 13.3. The van der Waals surface area contributed by atoms with Gasteiger partial charge in [0, 0.05) is 18.9 Å². The van der Waals surface area contributed by atoms with Crippen molar-refractivity contribution >= 4 is 10.0 Å². The highest BCUT2D eigenvalue weighted by atomic mass is 32.2. The molecule has 1 aromatic heterocycles. The Kier molecular flexibility index (Phi) is 4.60. The average molecular weight is 346 g/mol. The number of methoxy groups -OCH3 is 1. The van der Waals surface area contributed by atoms with Gasteiger partial charge in [-0.1, -0.05) is 0 Å². The van der Waals surface area contributed by atoms with Gasteiger partial charge in [0.1, 0.15) is 5.75 Å². The van der Waals surface area contributed by atoms with E-state index >= 15 is 0 Å². The third-order valence-electron chi connectivity index (χ3n) is 4.57. The molecule has 0 aliphatic carbocycles. The SMILES string of the molecule is COc1cc(C)c(S(=O)(=O)N2CCCC2c2ccncc2)cc1C. The van der Waals surface area contributed by atoms with Gasteiger partial charge in [0.25, 0.3) is 0 Å². The van der Waals surface area contributed by atoms with Crippen LogP contribution in [0.1, 0.15) is 35.6 Å². The van der Waals surface area contributed by atoms with Gasteiger partial charge in [0.15, 0.2) is 0 Å². The molecule has 1 aliphatic rings. The molecule has 1 aliphatic heterocycles. The second kappa shape index (κ2) is 6.53. The van der Waals surface area contributed by atoms with Gasteiger partial charge < -0.3 is 4.74 Å². The number of hydrogen-bond acceptors (Lipinski definition) is 4. The number of aromatic nitrogens is 1. The summed E-state index contributed by atoms with van der Waals surface area (Å²) < 4.78 is 33.4. The van der Waals surface area contributed by atoms with Crippen molar-refractivity contribution in [1.82, 2.24) is 9.29 Å². The molecule has 24 heavy (non-hydrogen) atoms. The van der Waals surface area contributed by atoms with Crippen molar-refractivity contribution in [3.05, 3.63) is 53.3 Å². The third-order valence-corrected chi connectivity index (χ3v) is 6.62. The molecule has 1 unspecified atom stereocenters. The lowest BCUT2D eigenvalue weighted by atomic mass is 10.1. The van der Waals surface area contributed by atoms with Crippen LogP contribution in [-0.2, 0) is 10.0 Å². The van der Waals surface area contributed by atoms with E-state index in [0.29, 0.717) is 22.8 Å². The number of aryl methyl sites for hydroxylation is 2. The van der Waals surface area contributed by atoms with E-state index in [1.807, 2.05) is 26.0 Å². The average Bonchev–Trinajstić information content (AvgIpc) is 3.08. The summed E-state index contributed by atoms with van der Waals surface area (Å²) in [6.45, 7) is 4.22. The van der Waals surface area contributed by atoms with Crippen LogP contribution in [0.15, 0.2) is 41.6 Å². The zero-order chi connectivity index (χ0) is 17.3. The van der Waals surface area contributed by atoms with Crippen LogP contribution >= 0.6 is 0 Å². The number of hydrogen-bond donors (Lipinski definition) is 0. The molecule has 0 radical (unpaired) electrons. The largest absolute Gasteiger partial charge is 0.496 e. The summed E-state index contributed by atoms with van der Waals surface area (Å²) in [4.78, 5) is 4.39. The zero-order valence-electron chi connectivity index (χ0n) is 14.2. The first-order valence-corrected chi connectivity index (χ1v) is 9.46. The first-order valence-electron chi connectivity index (χ1n) is 8.02. The number of nitrogens with zero attached hydrogens (tertiary/aromatic N) is 2. The van der Waals surface area contributed by atoms with Crippen molar-refractivity contribution in [3.8, 4) is 5.75 Å². The molecule has 0 N–H and O–H groups in total. The Morgan fingerprint density at radius 3 is 2.54 bits per heavy atom. The van der Waals surface area contributed by atoms with Crippen molar-refractivity contribution in [2.45, 2.75) is 37.6 Å². The molecule has 1 fully saturated rings. The molecule has 0 spiro atoms. The summed E-state index contributed by atoms with van der Waals surface area (Å²) in [7, 11) is -1.96. The van der Waals surface area contributed by atoms with Gasteiger partial charge in [-0.15, -0.1) is 0 Å². The first-order chi connectivity index (χ1) is 11.4. The molecule has 128 valence electrons. The van der Waals surface area contributed by atoms with Crippen LogP contribution in [0.3, 0.4) is 0 Å². The molecule has 1 saturated heterocycles.